The molecule has 0 N–H and O–H groups in total. The Morgan fingerprint density at radius 1 is 1.18 bits per heavy atom. The second kappa shape index (κ2) is 7.26. The molecule has 1 aromatic carbocycles. The predicted octanol–water partition coefficient (Wildman–Crippen LogP) is 3.23. The van der Waals surface area contributed by atoms with Crippen molar-refractivity contribution in [3.8, 4) is 5.75 Å². The Hall–Kier alpha value is -2.08. The first-order valence-electron chi connectivity index (χ1n) is 6.70. The maximum atomic E-state index is 11.9. The monoisotopic (exact) mass is 365 g/mol. The largest absolute Gasteiger partial charge is 0.490 e. The average Bonchev–Trinajstić information content (AvgIpc) is 2.87. The molecule has 1 heterocycles. The van der Waals surface area contributed by atoms with Gasteiger partial charge < -0.3 is 14.0 Å². The summed E-state index contributed by atoms with van der Waals surface area (Å²) in [6.45, 7) is 1.85. The molecule has 0 radical (unpaired) electrons. The smallest absolute Gasteiger partial charge is 0.355 e. The normalized spacial score (nSPS) is 10.3. The third-order valence-corrected chi connectivity index (χ3v) is 3.55. The van der Waals surface area contributed by atoms with Crippen LogP contribution in [0.5, 0.6) is 5.75 Å². The summed E-state index contributed by atoms with van der Waals surface area (Å²) in [4.78, 5) is 23.2. The van der Waals surface area contributed by atoms with Crippen molar-refractivity contribution in [2.24, 2.45) is 7.05 Å². The van der Waals surface area contributed by atoms with Crippen LogP contribution in [-0.2, 0) is 11.8 Å². The summed E-state index contributed by atoms with van der Waals surface area (Å²) in [6.07, 6.45) is 1.61. The van der Waals surface area contributed by atoms with Crippen LogP contribution in [0.3, 0.4) is 0 Å². The predicted molar refractivity (Wildman–Crippen MR) is 85.3 cm³/mol. The highest BCUT2D eigenvalue weighted by atomic mass is 79.9. The van der Waals surface area contributed by atoms with Crippen LogP contribution in [-0.4, -0.2) is 29.5 Å². The molecule has 0 aliphatic heterocycles. The van der Waals surface area contributed by atoms with Crippen LogP contribution < -0.4 is 4.74 Å². The van der Waals surface area contributed by atoms with E-state index in [-0.39, 0.29) is 19.0 Å². The van der Waals surface area contributed by atoms with Gasteiger partial charge in [0.25, 0.3) is 0 Å². The zero-order chi connectivity index (χ0) is 16.1. The van der Waals surface area contributed by atoms with Gasteiger partial charge in [-0.05, 0) is 37.3 Å². The molecule has 0 bridgehead atoms. The molecular formula is C16H16BrNO4. The van der Waals surface area contributed by atoms with E-state index >= 15 is 0 Å². The number of benzene rings is 1. The van der Waals surface area contributed by atoms with Crippen molar-refractivity contribution in [2.45, 2.75) is 6.92 Å². The van der Waals surface area contributed by atoms with Crippen LogP contribution in [0.2, 0.25) is 0 Å². The SMILES string of the molecule is CC(=O)c1cc(C(=O)OCCOc2ccc(Br)cc2)n(C)c1. The first kappa shape index (κ1) is 16.3. The Bertz CT molecular complexity index is 676. The number of aryl methyl sites for hydroxylation is 1. The van der Waals surface area contributed by atoms with Crippen molar-refractivity contribution in [3.05, 3.63) is 52.3 Å². The number of carbonyl (C=O) groups is 2. The molecule has 2 aromatic rings. The highest BCUT2D eigenvalue weighted by Crippen LogP contribution is 2.16. The lowest BCUT2D eigenvalue weighted by Crippen LogP contribution is -2.14. The molecule has 1 aromatic heterocycles. The van der Waals surface area contributed by atoms with Crippen molar-refractivity contribution < 1.29 is 19.1 Å². The number of ether oxygens (including phenoxy) is 2. The Kier molecular flexibility index (Phi) is 5.38. The molecule has 0 amide bonds. The Balaban J connectivity index is 1.83. The van der Waals surface area contributed by atoms with E-state index in [0.29, 0.717) is 17.0 Å². The number of rotatable bonds is 6. The molecule has 0 fully saturated rings. The molecule has 116 valence electrons. The quantitative estimate of drug-likeness (QED) is 0.448. The van der Waals surface area contributed by atoms with Gasteiger partial charge in [-0.3, -0.25) is 4.79 Å². The molecule has 0 aliphatic rings. The van der Waals surface area contributed by atoms with Crippen molar-refractivity contribution in [1.82, 2.24) is 4.57 Å². The molecule has 6 heteroatoms. The van der Waals surface area contributed by atoms with E-state index in [0.717, 1.165) is 4.47 Å². The van der Waals surface area contributed by atoms with Crippen LogP contribution in [0.15, 0.2) is 41.0 Å². The number of aromatic nitrogens is 1. The molecule has 22 heavy (non-hydrogen) atoms. The van der Waals surface area contributed by atoms with Crippen molar-refractivity contribution in [1.29, 1.82) is 0 Å². The fourth-order valence-electron chi connectivity index (χ4n) is 1.86. The maximum absolute atomic E-state index is 11.9. The molecule has 0 aliphatic carbocycles. The summed E-state index contributed by atoms with van der Waals surface area (Å²) in [5.74, 6) is 0.139. The van der Waals surface area contributed by atoms with E-state index in [2.05, 4.69) is 15.9 Å². The number of hydrogen-bond acceptors (Lipinski definition) is 4. The molecule has 5 nitrogen and oxygen atoms in total. The second-order valence-electron chi connectivity index (χ2n) is 4.72. The number of hydrogen-bond donors (Lipinski definition) is 0. The van der Waals surface area contributed by atoms with Gasteiger partial charge in [-0.25, -0.2) is 4.79 Å². The van der Waals surface area contributed by atoms with Gasteiger partial charge >= 0.3 is 5.97 Å². The number of esters is 1. The Morgan fingerprint density at radius 2 is 1.86 bits per heavy atom. The third kappa shape index (κ3) is 4.21. The number of ketones is 1. The van der Waals surface area contributed by atoms with Gasteiger partial charge in [0.15, 0.2) is 5.78 Å². The summed E-state index contributed by atoms with van der Waals surface area (Å²) in [5, 5.41) is 0. The first-order valence-corrected chi connectivity index (χ1v) is 7.49. The number of carbonyl (C=O) groups excluding carboxylic acids is 2. The second-order valence-corrected chi connectivity index (χ2v) is 5.64. The zero-order valence-corrected chi connectivity index (χ0v) is 13.9. The first-order chi connectivity index (χ1) is 10.5. The molecule has 2 rings (SSSR count). The van der Waals surface area contributed by atoms with Crippen molar-refractivity contribution in [2.75, 3.05) is 13.2 Å². The summed E-state index contributed by atoms with van der Waals surface area (Å²) in [7, 11) is 1.70. The number of Topliss-reactive ketones (excluding diaryl/α,β-unsaturated/α-hetero) is 1. The Labute approximate surface area is 137 Å². The summed E-state index contributed by atoms with van der Waals surface area (Å²) < 4.78 is 13.2. The van der Waals surface area contributed by atoms with Crippen LogP contribution in [0.1, 0.15) is 27.8 Å². The van der Waals surface area contributed by atoms with Gasteiger partial charge in [0.1, 0.15) is 24.7 Å². The number of nitrogens with zero attached hydrogens (tertiary/aromatic N) is 1. The van der Waals surface area contributed by atoms with Gasteiger partial charge in [0.2, 0.25) is 0 Å². The van der Waals surface area contributed by atoms with E-state index in [4.69, 9.17) is 9.47 Å². The van der Waals surface area contributed by atoms with E-state index in [9.17, 15) is 9.59 Å². The van der Waals surface area contributed by atoms with Crippen molar-refractivity contribution >= 4 is 27.7 Å². The highest BCUT2D eigenvalue weighted by molar-refractivity contribution is 9.10. The third-order valence-electron chi connectivity index (χ3n) is 3.02. The van der Waals surface area contributed by atoms with Crippen LogP contribution in [0.4, 0.5) is 0 Å². The minimum atomic E-state index is -0.477. The highest BCUT2D eigenvalue weighted by Gasteiger charge is 2.14. The Morgan fingerprint density at radius 3 is 2.45 bits per heavy atom. The van der Waals surface area contributed by atoms with Gasteiger partial charge in [-0.1, -0.05) is 15.9 Å². The van der Waals surface area contributed by atoms with E-state index in [1.807, 2.05) is 24.3 Å². The lowest BCUT2D eigenvalue weighted by molar-refractivity contribution is 0.0439. The fraction of sp³-hybridized carbons (Fsp3) is 0.250. The summed E-state index contributed by atoms with van der Waals surface area (Å²) >= 11 is 3.34. The minimum Gasteiger partial charge on any atom is -0.490 e. The average molecular weight is 366 g/mol. The topological polar surface area (TPSA) is 57.5 Å². The standard InChI is InChI=1S/C16H16BrNO4/c1-11(19)12-9-15(18(2)10-12)16(20)22-8-7-21-14-5-3-13(17)4-6-14/h3-6,9-10H,7-8H2,1-2H3. The number of halogens is 1. The minimum absolute atomic E-state index is 0.0896. The lowest BCUT2D eigenvalue weighted by Gasteiger charge is -2.07. The van der Waals surface area contributed by atoms with Gasteiger partial charge in [0.05, 0.1) is 0 Å². The van der Waals surface area contributed by atoms with E-state index in [1.54, 1.807) is 17.8 Å². The van der Waals surface area contributed by atoms with Crippen LogP contribution in [0, 0.1) is 0 Å². The van der Waals surface area contributed by atoms with Gasteiger partial charge in [0, 0.05) is 23.3 Å². The molecule has 0 unspecified atom stereocenters. The molecule has 0 spiro atoms. The van der Waals surface area contributed by atoms with Gasteiger partial charge in [-0.2, -0.15) is 0 Å². The molecule has 0 saturated carbocycles. The zero-order valence-electron chi connectivity index (χ0n) is 12.3. The van der Waals surface area contributed by atoms with E-state index in [1.165, 1.54) is 13.0 Å². The summed E-state index contributed by atoms with van der Waals surface area (Å²) in [6, 6.07) is 8.91. The molecule has 0 saturated heterocycles. The fourth-order valence-corrected chi connectivity index (χ4v) is 2.12. The maximum Gasteiger partial charge on any atom is 0.355 e. The van der Waals surface area contributed by atoms with Crippen LogP contribution >= 0.6 is 15.9 Å². The van der Waals surface area contributed by atoms with Gasteiger partial charge in [-0.15, -0.1) is 0 Å². The van der Waals surface area contributed by atoms with Crippen molar-refractivity contribution in [3.63, 3.8) is 0 Å². The lowest BCUT2D eigenvalue weighted by atomic mass is 10.2. The molecular weight excluding hydrogens is 350 g/mol. The molecule has 0 atom stereocenters. The van der Waals surface area contributed by atoms with E-state index < -0.39 is 5.97 Å². The summed E-state index contributed by atoms with van der Waals surface area (Å²) in [5.41, 5.74) is 0.828. The van der Waals surface area contributed by atoms with Crippen LogP contribution in [0.25, 0.3) is 0 Å².